The SMILES string of the molecule is CC(C)(CCCO)NC(=O)O. The Bertz CT molecular complexity index is 134. The zero-order valence-corrected chi connectivity index (χ0v) is 6.92. The summed E-state index contributed by atoms with van der Waals surface area (Å²) in [5.74, 6) is 0. The molecule has 0 saturated carbocycles. The van der Waals surface area contributed by atoms with Crippen LogP contribution in [0.5, 0.6) is 0 Å². The molecule has 66 valence electrons. The fraction of sp³-hybridized carbons (Fsp3) is 0.857. The molecule has 0 bridgehead atoms. The summed E-state index contributed by atoms with van der Waals surface area (Å²) in [6, 6.07) is 0. The second-order valence-electron chi connectivity index (χ2n) is 3.14. The van der Waals surface area contributed by atoms with E-state index in [0.29, 0.717) is 12.8 Å². The second kappa shape index (κ2) is 4.18. The van der Waals surface area contributed by atoms with Gasteiger partial charge in [-0.2, -0.15) is 0 Å². The Morgan fingerprint density at radius 2 is 2.09 bits per heavy atom. The predicted octanol–water partition coefficient (Wildman–Crippen LogP) is 0.805. The number of carboxylic acid groups (broad SMARTS) is 1. The highest BCUT2D eigenvalue weighted by Crippen LogP contribution is 2.09. The third-order valence-electron chi connectivity index (χ3n) is 1.41. The lowest BCUT2D eigenvalue weighted by Crippen LogP contribution is -2.42. The van der Waals surface area contributed by atoms with Crippen LogP contribution in [-0.2, 0) is 0 Å². The van der Waals surface area contributed by atoms with Crippen LogP contribution >= 0.6 is 0 Å². The van der Waals surface area contributed by atoms with E-state index < -0.39 is 11.6 Å². The molecule has 4 nitrogen and oxygen atoms in total. The van der Waals surface area contributed by atoms with Crippen LogP contribution in [0.4, 0.5) is 4.79 Å². The normalized spacial score (nSPS) is 11.2. The second-order valence-corrected chi connectivity index (χ2v) is 3.14. The zero-order chi connectivity index (χ0) is 8.91. The van der Waals surface area contributed by atoms with Crippen molar-refractivity contribution in [3.8, 4) is 0 Å². The minimum absolute atomic E-state index is 0.102. The zero-order valence-electron chi connectivity index (χ0n) is 6.92. The smallest absolute Gasteiger partial charge is 0.405 e. The van der Waals surface area contributed by atoms with Crippen molar-refractivity contribution in [3.05, 3.63) is 0 Å². The molecule has 0 unspecified atom stereocenters. The molecule has 0 heterocycles. The molecule has 3 N–H and O–H groups in total. The molecule has 0 aromatic rings. The summed E-state index contributed by atoms with van der Waals surface area (Å²) in [4.78, 5) is 10.2. The number of rotatable bonds is 4. The van der Waals surface area contributed by atoms with Gasteiger partial charge in [0.25, 0.3) is 0 Å². The topological polar surface area (TPSA) is 69.6 Å². The molecule has 0 fully saturated rings. The first-order valence-corrected chi connectivity index (χ1v) is 3.60. The van der Waals surface area contributed by atoms with Gasteiger partial charge in [0.15, 0.2) is 0 Å². The Morgan fingerprint density at radius 3 is 2.45 bits per heavy atom. The molecule has 11 heavy (non-hydrogen) atoms. The van der Waals surface area contributed by atoms with E-state index in [1.54, 1.807) is 13.8 Å². The highest BCUT2D eigenvalue weighted by molar-refractivity contribution is 5.65. The van der Waals surface area contributed by atoms with Gasteiger partial charge in [0.1, 0.15) is 0 Å². The summed E-state index contributed by atoms with van der Waals surface area (Å²) in [6.07, 6.45) is 0.247. The molecule has 0 rings (SSSR count). The number of amides is 1. The molecule has 0 saturated heterocycles. The molecule has 1 amide bonds. The van der Waals surface area contributed by atoms with Crippen molar-refractivity contribution in [2.75, 3.05) is 6.61 Å². The molecular weight excluding hydrogens is 146 g/mol. The lowest BCUT2D eigenvalue weighted by Gasteiger charge is -2.23. The third kappa shape index (κ3) is 5.66. The number of aliphatic hydroxyl groups excluding tert-OH is 1. The average Bonchev–Trinajstić information content (AvgIpc) is 1.81. The maximum atomic E-state index is 10.2. The van der Waals surface area contributed by atoms with Gasteiger partial charge in [0.2, 0.25) is 0 Å². The predicted molar refractivity (Wildman–Crippen MR) is 41.6 cm³/mol. The Balaban J connectivity index is 3.70. The van der Waals surface area contributed by atoms with E-state index in [4.69, 9.17) is 10.2 Å². The lowest BCUT2D eigenvalue weighted by atomic mass is 9.99. The molecule has 0 radical (unpaired) electrons. The van der Waals surface area contributed by atoms with Crippen molar-refractivity contribution in [2.24, 2.45) is 0 Å². The van der Waals surface area contributed by atoms with E-state index in [1.807, 2.05) is 0 Å². The van der Waals surface area contributed by atoms with Crippen LogP contribution in [0.25, 0.3) is 0 Å². The van der Waals surface area contributed by atoms with Crippen LogP contribution in [0, 0.1) is 0 Å². The van der Waals surface area contributed by atoms with Crippen molar-refractivity contribution >= 4 is 6.09 Å². The fourth-order valence-electron chi connectivity index (χ4n) is 0.873. The van der Waals surface area contributed by atoms with Gasteiger partial charge in [-0.25, -0.2) is 4.79 Å². The quantitative estimate of drug-likeness (QED) is 0.571. The minimum atomic E-state index is -1.02. The van der Waals surface area contributed by atoms with Gasteiger partial charge in [-0.05, 0) is 26.7 Å². The number of aliphatic hydroxyl groups is 1. The fourth-order valence-corrected chi connectivity index (χ4v) is 0.873. The van der Waals surface area contributed by atoms with Crippen LogP contribution in [0.3, 0.4) is 0 Å². The first-order chi connectivity index (χ1) is 4.98. The van der Waals surface area contributed by atoms with E-state index in [9.17, 15) is 4.79 Å². The Hall–Kier alpha value is -0.770. The number of carbonyl (C=O) groups is 1. The first-order valence-electron chi connectivity index (χ1n) is 3.60. The summed E-state index contributed by atoms with van der Waals surface area (Å²) in [7, 11) is 0. The van der Waals surface area contributed by atoms with Gasteiger partial charge < -0.3 is 15.5 Å². The molecule has 0 spiro atoms. The van der Waals surface area contributed by atoms with E-state index >= 15 is 0 Å². The van der Waals surface area contributed by atoms with E-state index in [2.05, 4.69) is 5.32 Å². The monoisotopic (exact) mass is 161 g/mol. The third-order valence-corrected chi connectivity index (χ3v) is 1.41. The minimum Gasteiger partial charge on any atom is -0.465 e. The van der Waals surface area contributed by atoms with Gasteiger partial charge in [-0.3, -0.25) is 0 Å². The van der Waals surface area contributed by atoms with Gasteiger partial charge in [0.05, 0.1) is 0 Å². The van der Waals surface area contributed by atoms with Crippen LogP contribution in [0.2, 0.25) is 0 Å². The van der Waals surface area contributed by atoms with Crippen molar-refractivity contribution in [1.29, 1.82) is 0 Å². The Labute approximate surface area is 66.2 Å². The molecule has 0 atom stereocenters. The molecule has 0 aromatic heterocycles. The molecular formula is C7H15NO3. The summed E-state index contributed by atoms with van der Waals surface area (Å²) in [5.41, 5.74) is -0.436. The van der Waals surface area contributed by atoms with Crippen molar-refractivity contribution in [2.45, 2.75) is 32.2 Å². The largest absolute Gasteiger partial charge is 0.465 e. The van der Waals surface area contributed by atoms with Crippen LogP contribution < -0.4 is 5.32 Å². The van der Waals surface area contributed by atoms with Gasteiger partial charge in [0, 0.05) is 12.1 Å². The molecule has 0 aliphatic rings. The first kappa shape index (κ1) is 10.2. The number of hydrogen-bond acceptors (Lipinski definition) is 2. The highest BCUT2D eigenvalue weighted by atomic mass is 16.4. The maximum Gasteiger partial charge on any atom is 0.405 e. The number of hydrogen-bond donors (Lipinski definition) is 3. The summed E-state index contributed by atoms with van der Waals surface area (Å²) in [5, 5.41) is 19.2. The molecule has 0 aliphatic heterocycles. The lowest BCUT2D eigenvalue weighted by molar-refractivity contribution is 0.177. The van der Waals surface area contributed by atoms with E-state index in [0.717, 1.165) is 0 Å². The highest BCUT2D eigenvalue weighted by Gasteiger charge is 2.18. The van der Waals surface area contributed by atoms with Crippen molar-refractivity contribution < 1.29 is 15.0 Å². The number of nitrogens with one attached hydrogen (secondary N) is 1. The van der Waals surface area contributed by atoms with Crippen molar-refractivity contribution in [3.63, 3.8) is 0 Å². The molecule has 4 heteroatoms. The van der Waals surface area contributed by atoms with Crippen LogP contribution in [-0.4, -0.2) is 28.5 Å². The van der Waals surface area contributed by atoms with Gasteiger partial charge >= 0.3 is 6.09 Å². The molecule has 0 aliphatic carbocycles. The van der Waals surface area contributed by atoms with Crippen LogP contribution in [0.1, 0.15) is 26.7 Å². The summed E-state index contributed by atoms with van der Waals surface area (Å²) in [6.45, 7) is 3.68. The van der Waals surface area contributed by atoms with Crippen molar-refractivity contribution in [1.82, 2.24) is 5.32 Å². The average molecular weight is 161 g/mol. The van der Waals surface area contributed by atoms with E-state index in [-0.39, 0.29) is 6.61 Å². The maximum absolute atomic E-state index is 10.2. The van der Waals surface area contributed by atoms with Gasteiger partial charge in [-0.1, -0.05) is 0 Å². The Morgan fingerprint density at radius 1 is 1.55 bits per heavy atom. The van der Waals surface area contributed by atoms with Gasteiger partial charge in [-0.15, -0.1) is 0 Å². The van der Waals surface area contributed by atoms with Crippen LogP contribution in [0.15, 0.2) is 0 Å². The summed E-state index contributed by atoms with van der Waals surface area (Å²) < 4.78 is 0. The standard InChI is InChI=1S/C7H15NO3/c1-7(2,4-3-5-9)8-6(10)11/h8-9H,3-5H2,1-2H3,(H,10,11). The Kier molecular flexibility index (Phi) is 3.89. The molecule has 0 aromatic carbocycles. The summed E-state index contributed by atoms with van der Waals surface area (Å²) >= 11 is 0. The van der Waals surface area contributed by atoms with E-state index in [1.165, 1.54) is 0 Å².